The predicted octanol–water partition coefficient (Wildman–Crippen LogP) is 6.17. The Morgan fingerprint density at radius 3 is 2.54 bits per heavy atom. The normalized spacial score (nSPS) is 13.2. The molecule has 0 bridgehead atoms. The lowest BCUT2D eigenvalue weighted by atomic mass is 9.87. The van der Waals surface area contributed by atoms with Gasteiger partial charge in [-0.05, 0) is 88.1 Å². The number of aromatic nitrogens is 2. The predicted molar refractivity (Wildman–Crippen MR) is 155 cm³/mol. The van der Waals surface area contributed by atoms with Crippen LogP contribution in [0.25, 0.3) is 22.0 Å². The fraction of sp³-hybridized carbons (Fsp3) is 0.375. The van der Waals surface area contributed by atoms with Gasteiger partial charge in [-0.3, -0.25) is 4.79 Å². The molecule has 7 heteroatoms. The Morgan fingerprint density at radius 2 is 1.85 bits per heavy atom. The van der Waals surface area contributed by atoms with Crippen molar-refractivity contribution in [3.63, 3.8) is 0 Å². The summed E-state index contributed by atoms with van der Waals surface area (Å²) in [6.07, 6.45) is 0.131. The number of ether oxygens (including phenoxy) is 2. The zero-order valence-electron chi connectivity index (χ0n) is 23.9. The van der Waals surface area contributed by atoms with E-state index in [1.165, 1.54) is 7.11 Å². The molecule has 2 aromatic carbocycles. The van der Waals surface area contributed by atoms with E-state index in [-0.39, 0.29) is 19.0 Å². The largest absolute Gasteiger partial charge is 0.487 e. The first-order valence-corrected chi connectivity index (χ1v) is 13.4. The highest BCUT2D eigenvalue weighted by Crippen LogP contribution is 2.48. The van der Waals surface area contributed by atoms with Crippen LogP contribution in [-0.4, -0.2) is 39.9 Å². The van der Waals surface area contributed by atoms with E-state index >= 15 is 0 Å². The third-order valence-electron chi connectivity index (χ3n) is 7.33. The molecule has 0 saturated carbocycles. The van der Waals surface area contributed by atoms with Crippen molar-refractivity contribution >= 4 is 28.4 Å². The van der Waals surface area contributed by atoms with Gasteiger partial charge in [0.05, 0.1) is 37.0 Å². The number of aliphatic hydroxyl groups excluding tert-OH is 1. The average molecular weight is 528 g/mol. The Hall–Kier alpha value is -3.84. The first-order valence-electron chi connectivity index (χ1n) is 13.4. The summed E-state index contributed by atoms with van der Waals surface area (Å²) >= 11 is 0. The van der Waals surface area contributed by atoms with Gasteiger partial charge in [-0.15, -0.1) is 0 Å². The summed E-state index contributed by atoms with van der Waals surface area (Å²) in [6.45, 7) is 13.8. The number of aliphatic hydroxyl groups is 1. The zero-order chi connectivity index (χ0) is 28.1. The number of pyridine rings is 1. The number of aryl methyl sites for hydroxylation is 2. The van der Waals surface area contributed by atoms with E-state index in [9.17, 15) is 9.90 Å². The molecule has 0 aliphatic carbocycles. The fourth-order valence-electron chi connectivity index (χ4n) is 5.65. The Balaban J connectivity index is 1.87. The van der Waals surface area contributed by atoms with Gasteiger partial charge < -0.3 is 24.0 Å². The number of rotatable bonds is 6. The molecule has 0 amide bonds. The smallest absolute Gasteiger partial charge is 0.310 e. The summed E-state index contributed by atoms with van der Waals surface area (Å²) < 4.78 is 14.0. The summed E-state index contributed by atoms with van der Waals surface area (Å²) in [4.78, 5) is 19.8. The van der Waals surface area contributed by atoms with Crippen molar-refractivity contribution in [2.24, 2.45) is 0 Å². The van der Waals surface area contributed by atoms with Gasteiger partial charge in [0.15, 0.2) is 0 Å². The molecule has 1 aliphatic rings. The van der Waals surface area contributed by atoms with Gasteiger partial charge in [0, 0.05) is 29.7 Å². The van der Waals surface area contributed by atoms with Crippen LogP contribution in [0.5, 0.6) is 5.75 Å². The van der Waals surface area contributed by atoms with Gasteiger partial charge >= 0.3 is 5.97 Å². The standard InChI is InChI=1S/C32H37N3O4/c1-19-11-12-23(26(15-19)39-32(4,5)6)29-24(17-28(37)38-7)21(3)30-31-25(29)16-20(2)34(31)13-14-35(30)27-10-8-9-22(18-36)33-27/h8-12,15-16,36H,13-14,17-18H2,1-7H3. The molecule has 0 spiro atoms. The minimum absolute atomic E-state index is 0.123. The molecule has 0 saturated heterocycles. The summed E-state index contributed by atoms with van der Waals surface area (Å²) in [5, 5.41) is 10.8. The monoisotopic (exact) mass is 527 g/mol. The molecule has 3 heterocycles. The quantitative estimate of drug-likeness (QED) is 0.303. The Morgan fingerprint density at radius 1 is 1.08 bits per heavy atom. The lowest BCUT2D eigenvalue weighted by Crippen LogP contribution is -2.30. The maximum absolute atomic E-state index is 12.8. The highest BCUT2D eigenvalue weighted by atomic mass is 16.5. The van der Waals surface area contributed by atoms with Gasteiger partial charge in [0.2, 0.25) is 0 Å². The van der Waals surface area contributed by atoms with Crippen molar-refractivity contribution in [1.82, 2.24) is 9.55 Å². The Kier molecular flexibility index (Phi) is 6.89. The maximum atomic E-state index is 12.8. The summed E-state index contributed by atoms with van der Waals surface area (Å²) in [6, 6.07) is 14.2. The molecule has 39 heavy (non-hydrogen) atoms. The van der Waals surface area contributed by atoms with Crippen LogP contribution in [0, 0.1) is 20.8 Å². The van der Waals surface area contributed by atoms with E-state index < -0.39 is 5.60 Å². The van der Waals surface area contributed by atoms with Crippen LogP contribution in [0.3, 0.4) is 0 Å². The highest BCUT2D eigenvalue weighted by molar-refractivity contribution is 6.09. The molecular weight excluding hydrogens is 490 g/mol. The van der Waals surface area contributed by atoms with Crippen LogP contribution in [0.15, 0.2) is 42.5 Å². The van der Waals surface area contributed by atoms with Crippen molar-refractivity contribution in [2.45, 2.75) is 66.7 Å². The van der Waals surface area contributed by atoms with Crippen molar-refractivity contribution in [1.29, 1.82) is 0 Å². The molecule has 1 N–H and O–H groups in total. The molecule has 5 rings (SSSR count). The zero-order valence-corrected chi connectivity index (χ0v) is 23.9. The molecule has 7 nitrogen and oxygen atoms in total. The number of methoxy groups -OCH3 is 1. The van der Waals surface area contributed by atoms with Crippen LogP contribution >= 0.6 is 0 Å². The second-order valence-corrected chi connectivity index (χ2v) is 11.3. The minimum atomic E-state index is -0.396. The number of esters is 1. The molecule has 1 aliphatic heterocycles. The van der Waals surface area contributed by atoms with E-state index in [1.807, 2.05) is 39.0 Å². The van der Waals surface area contributed by atoms with E-state index in [2.05, 4.69) is 54.5 Å². The van der Waals surface area contributed by atoms with Crippen molar-refractivity contribution in [3.05, 3.63) is 70.5 Å². The van der Waals surface area contributed by atoms with E-state index in [0.29, 0.717) is 5.69 Å². The van der Waals surface area contributed by atoms with Gasteiger partial charge in [-0.1, -0.05) is 18.2 Å². The molecule has 2 aromatic heterocycles. The average Bonchev–Trinajstić information content (AvgIpc) is 3.23. The first-order chi connectivity index (χ1) is 18.5. The van der Waals surface area contributed by atoms with Crippen LogP contribution in [0.1, 0.15) is 48.8 Å². The van der Waals surface area contributed by atoms with Gasteiger partial charge in [-0.2, -0.15) is 0 Å². The van der Waals surface area contributed by atoms with E-state index in [4.69, 9.17) is 14.5 Å². The van der Waals surface area contributed by atoms with Crippen LogP contribution in [0.2, 0.25) is 0 Å². The highest BCUT2D eigenvalue weighted by Gasteiger charge is 2.31. The molecular formula is C32H37N3O4. The molecule has 0 fully saturated rings. The summed E-state index contributed by atoms with van der Waals surface area (Å²) in [5.41, 5.74) is 8.49. The van der Waals surface area contributed by atoms with Gasteiger partial charge in [0.25, 0.3) is 0 Å². The molecule has 0 atom stereocenters. The molecule has 0 unspecified atom stereocenters. The molecule has 0 radical (unpaired) electrons. The SMILES string of the molecule is COC(=O)Cc1c(C)c2c3c(cc(C)n3CCN2c2cccc(CO)n2)c1-c1ccc(C)cc1OC(C)(C)C. The Labute approximate surface area is 230 Å². The second kappa shape index (κ2) is 10.0. The number of hydrogen-bond acceptors (Lipinski definition) is 6. The number of carbonyl (C=O) groups excluding carboxylic acids is 1. The van der Waals surface area contributed by atoms with E-state index in [0.717, 1.165) is 74.8 Å². The third kappa shape index (κ3) is 4.87. The van der Waals surface area contributed by atoms with Gasteiger partial charge in [0.1, 0.15) is 17.2 Å². The molecule has 4 aromatic rings. The first kappa shape index (κ1) is 26.8. The third-order valence-corrected chi connectivity index (χ3v) is 7.33. The van der Waals surface area contributed by atoms with Crippen LogP contribution in [-0.2, 0) is 29.1 Å². The topological polar surface area (TPSA) is 76.8 Å². The number of carbonyl (C=O) groups is 1. The molecule has 204 valence electrons. The number of benzene rings is 2. The van der Waals surface area contributed by atoms with Crippen molar-refractivity contribution in [2.75, 3.05) is 18.6 Å². The van der Waals surface area contributed by atoms with Gasteiger partial charge in [-0.25, -0.2) is 4.98 Å². The van der Waals surface area contributed by atoms with Crippen LogP contribution in [0.4, 0.5) is 11.5 Å². The van der Waals surface area contributed by atoms with Crippen LogP contribution < -0.4 is 9.64 Å². The van der Waals surface area contributed by atoms with Crippen molar-refractivity contribution < 1.29 is 19.4 Å². The Bertz CT molecular complexity index is 1580. The summed E-state index contributed by atoms with van der Waals surface area (Å²) in [5.74, 6) is 1.27. The van der Waals surface area contributed by atoms with Crippen molar-refractivity contribution in [3.8, 4) is 16.9 Å². The lowest BCUT2D eigenvalue weighted by Gasteiger charge is -2.34. The lowest BCUT2D eigenvalue weighted by molar-refractivity contribution is -0.139. The number of nitrogens with zero attached hydrogens (tertiary/aromatic N) is 3. The van der Waals surface area contributed by atoms with E-state index in [1.54, 1.807) is 0 Å². The number of anilines is 2. The number of hydrogen-bond donors (Lipinski definition) is 1. The summed E-state index contributed by atoms with van der Waals surface area (Å²) in [7, 11) is 1.43. The maximum Gasteiger partial charge on any atom is 0.310 e. The minimum Gasteiger partial charge on any atom is -0.487 e. The second-order valence-electron chi connectivity index (χ2n) is 11.3. The fourth-order valence-corrected chi connectivity index (χ4v) is 5.65.